The Hall–Kier alpha value is -1.57. The van der Waals surface area contributed by atoms with E-state index in [4.69, 9.17) is 4.74 Å². The van der Waals surface area contributed by atoms with Crippen LogP contribution in [0.2, 0.25) is 0 Å². The van der Waals surface area contributed by atoms with Crippen LogP contribution in [0.15, 0.2) is 29.3 Å². The van der Waals surface area contributed by atoms with E-state index in [2.05, 4.69) is 24.9 Å². The van der Waals surface area contributed by atoms with E-state index in [1.165, 1.54) is 5.56 Å². The Morgan fingerprint density at radius 3 is 2.73 bits per heavy atom. The highest BCUT2D eigenvalue weighted by molar-refractivity contribution is 5.85. The fraction of sp³-hybridized carbons (Fsp3) is 0.308. The minimum absolute atomic E-state index is 0.902. The molecule has 0 radical (unpaired) electrons. The van der Waals surface area contributed by atoms with Gasteiger partial charge in [0.2, 0.25) is 0 Å². The van der Waals surface area contributed by atoms with E-state index in [0.29, 0.717) is 0 Å². The molecule has 2 heteroatoms. The summed E-state index contributed by atoms with van der Waals surface area (Å²) in [7, 11) is 3.45. The predicted octanol–water partition coefficient (Wildman–Crippen LogP) is 3.11. The van der Waals surface area contributed by atoms with Gasteiger partial charge in [-0.15, -0.1) is 0 Å². The van der Waals surface area contributed by atoms with Crippen LogP contribution < -0.4 is 4.74 Å². The third-order valence-electron chi connectivity index (χ3n) is 2.25. The summed E-state index contributed by atoms with van der Waals surface area (Å²) in [6.07, 6.45) is 3.77. The molecule has 1 rings (SSSR count). The largest absolute Gasteiger partial charge is 0.496 e. The molecular formula is C13H17NO. The normalized spacial score (nSPS) is 12.1. The van der Waals surface area contributed by atoms with Crippen LogP contribution in [-0.2, 0) is 0 Å². The Kier molecular flexibility index (Phi) is 4.10. The van der Waals surface area contributed by atoms with Crippen LogP contribution in [0.5, 0.6) is 5.75 Å². The summed E-state index contributed by atoms with van der Waals surface area (Å²) in [6.45, 7) is 4.13. The molecule has 1 aromatic carbocycles. The quantitative estimate of drug-likeness (QED) is 0.692. The second-order valence-electron chi connectivity index (χ2n) is 3.46. The molecule has 0 saturated heterocycles. The fourth-order valence-electron chi connectivity index (χ4n) is 1.41. The standard InChI is InChI=1S/C13H17NO/c1-10-5-6-13(15-4)12(9-10)11(2)7-8-14-3/h5-9H,1-4H3/b11-7+,14-8?. The first-order valence-electron chi connectivity index (χ1n) is 4.93. The van der Waals surface area contributed by atoms with Gasteiger partial charge in [-0.3, -0.25) is 4.99 Å². The third-order valence-corrected chi connectivity index (χ3v) is 2.25. The number of aryl methyl sites for hydroxylation is 1. The molecule has 1 aromatic rings. The highest BCUT2D eigenvalue weighted by atomic mass is 16.5. The predicted molar refractivity (Wildman–Crippen MR) is 65.8 cm³/mol. The van der Waals surface area contributed by atoms with Crippen LogP contribution in [0, 0.1) is 6.92 Å². The van der Waals surface area contributed by atoms with E-state index < -0.39 is 0 Å². The number of hydrogen-bond acceptors (Lipinski definition) is 2. The maximum Gasteiger partial charge on any atom is 0.126 e. The first kappa shape index (κ1) is 11.5. The van der Waals surface area contributed by atoms with E-state index in [1.54, 1.807) is 20.4 Å². The van der Waals surface area contributed by atoms with Gasteiger partial charge in [-0.1, -0.05) is 11.6 Å². The lowest BCUT2D eigenvalue weighted by molar-refractivity contribution is 0.413. The molecule has 0 aliphatic carbocycles. The Bertz CT molecular complexity index is 392. The van der Waals surface area contributed by atoms with Gasteiger partial charge in [0.15, 0.2) is 0 Å². The maximum absolute atomic E-state index is 5.32. The van der Waals surface area contributed by atoms with Crippen LogP contribution in [-0.4, -0.2) is 20.4 Å². The Morgan fingerprint density at radius 2 is 2.13 bits per heavy atom. The number of methoxy groups -OCH3 is 1. The molecule has 0 atom stereocenters. The van der Waals surface area contributed by atoms with Crippen LogP contribution in [0.4, 0.5) is 0 Å². The second-order valence-corrected chi connectivity index (χ2v) is 3.46. The van der Waals surface area contributed by atoms with Gasteiger partial charge >= 0.3 is 0 Å². The summed E-state index contributed by atoms with van der Waals surface area (Å²) in [5.41, 5.74) is 3.51. The highest BCUT2D eigenvalue weighted by Gasteiger charge is 2.03. The lowest BCUT2D eigenvalue weighted by Crippen LogP contribution is -1.91. The van der Waals surface area contributed by atoms with Gasteiger partial charge in [0, 0.05) is 18.8 Å². The highest BCUT2D eigenvalue weighted by Crippen LogP contribution is 2.26. The summed E-state index contributed by atoms with van der Waals surface area (Å²) in [5.74, 6) is 0.902. The third kappa shape index (κ3) is 2.94. The van der Waals surface area contributed by atoms with Crippen LogP contribution in [0.1, 0.15) is 18.1 Å². The summed E-state index contributed by atoms with van der Waals surface area (Å²) >= 11 is 0. The Labute approximate surface area is 91.3 Å². The minimum atomic E-state index is 0.902. The van der Waals surface area contributed by atoms with Gasteiger partial charge in [-0.05, 0) is 37.6 Å². The molecule has 0 fully saturated rings. The molecule has 0 spiro atoms. The van der Waals surface area contributed by atoms with Crippen molar-refractivity contribution in [3.8, 4) is 5.75 Å². The number of aliphatic imine (C=N–C) groups is 1. The van der Waals surface area contributed by atoms with Crippen molar-refractivity contribution in [1.82, 2.24) is 0 Å². The molecule has 0 unspecified atom stereocenters. The molecule has 0 bridgehead atoms. The maximum atomic E-state index is 5.32. The number of nitrogens with zero attached hydrogens (tertiary/aromatic N) is 1. The van der Waals surface area contributed by atoms with E-state index >= 15 is 0 Å². The van der Waals surface area contributed by atoms with Crippen molar-refractivity contribution in [2.75, 3.05) is 14.2 Å². The average molecular weight is 203 g/mol. The zero-order valence-corrected chi connectivity index (χ0v) is 9.74. The molecule has 0 heterocycles. The number of hydrogen-bond donors (Lipinski definition) is 0. The Morgan fingerprint density at radius 1 is 1.40 bits per heavy atom. The van der Waals surface area contributed by atoms with Gasteiger partial charge in [0.05, 0.1) is 7.11 Å². The van der Waals surface area contributed by atoms with Crippen molar-refractivity contribution in [3.63, 3.8) is 0 Å². The lowest BCUT2D eigenvalue weighted by atomic mass is 10.0. The summed E-state index contributed by atoms with van der Waals surface area (Å²) in [6, 6.07) is 6.16. The number of benzene rings is 1. The van der Waals surface area contributed by atoms with Gasteiger partial charge < -0.3 is 4.74 Å². The smallest absolute Gasteiger partial charge is 0.126 e. The first-order valence-corrected chi connectivity index (χ1v) is 4.93. The van der Waals surface area contributed by atoms with Crippen molar-refractivity contribution in [3.05, 3.63) is 35.4 Å². The molecule has 0 saturated carbocycles. The van der Waals surface area contributed by atoms with Crippen molar-refractivity contribution >= 4 is 11.8 Å². The van der Waals surface area contributed by atoms with E-state index in [-0.39, 0.29) is 0 Å². The van der Waals surface area contributed by atoms with Gasteiger partial charge in [0.25, 0.3) is 0 Å². The molecular weight excluding hydrogens is 186 g/mol. The number of allylic oxidation sites excluding steroid dienone is 2. The van der Waals surface area contributed by atoms with E-state index in [9.17, 15) is 0 Å². The Balaban J connectivity index is 3.16. The van der Waals surface area contributed by atoms with Crippen LogP contribution >= 0.6 is 0 Å². The molecule has 0 N–H and O–H groups in total. The second kappa shape index (κ2) is 5.35. The van der Waals surface area contributed by atoms with Crippen molar-refractivity contribution in [2.45, 2.75) is 13.8 Å². The molecule has 15 heavy (non-hydrogen) atoms. The first-order chi connectivity index (χ1) is 7.19. The van der Waals surface area contributed by atoms with Gasteiger partial charge in [-0.2, -0.15) is 0 Å². The van der Waals surface area contributed by atoms with Crippen molar-refractivity contribution < 1.29 is 4.74 Å². The van der Waals surface area contributed by atoms with E-state index in [0.717, 1.165) is 16.9 Å². The van der Waals surface area contributed by atoms with Crippen LogP contribution in [0.25, 0.3) is 5.57 Å². The zero-order valence-electron chi connectivity index (χ0n) is 9.74. The lowest BCUT2D eigenvalue weighted by Gasteiger charge is -2.09. The summed E-state index contributed by atoms with van der Waals surface area (Å²) in [4.78, 5) is 3.94. The molecule has 0 aromatic heterocycles. The van der Waals surface area contributed by atoms with Crippen molar-refractivity contribution in [1.29, 1.82) is 0 Å². The SMILES string of the molecule is CN=C/C=C(\C)c1cc(C)ccc1OC. The molecule has 0 amide bonds. The van der Waals surface area contributed by atoms with Crippen LogP contribution in [0.3, 0.4) is 0 Å². The average Bonchev–Trinajstić information content (AvgIpc) is 2.25. The minimum Gasteiger partial charge on any atom is -0.496 e. The molecule has 80 valence electrons. The molecule has 0 aliphatic rings. The number of rotatable bonds is 3. The van der Waals surface area contributed by atoms with Gasteiger partial charge in [0.1, 0.15) is 5.75 Å². The summed E-state index contributed by atoms with van der Waals surface area (Å²) in [5, 5.41) is 0. The van der Waals surface area contributed by atoms with E-state index in [1.807, 2.05) is 18.2 Å². The topological polar surface area (TPSA) is 21.6 Å². The monoisotopic (exact) mass is 203 g/mol. The fourth-order valence-corrected chi connectivity index (χ4v) is 1.41. The molecule has 0 aliphatic heterocycles. The van der Waals surface area contributed by atoms with Gasteiger partial charge in [-0.25, -0.2) is 0 Å². The summed E-state index contributed by atoms with van der Waals surface area (Å²) < 4.78 is 5.32. The zero-order chi connectivity index (χ0) is 11.3. The number of ether oxygens (including phenoxy) is 1. The molecule has 2 nitrogen and oxygen atoms in total. The van der Waals surface area contributed by atoms with Crippen molar-refractivity contribution in [2.24, 2.45) is 4.99 Å².